The van der Waals surface area contributed by atoms with E-state index in [1.807, 2.05) is 4.98 Å². The molecule has 0 atom stereocenters. The number of carbonyl (C=O) groups is 2. The molecule has 4 N–H and O–H groups in total. The first kappa shape index (κ1) is 21.0. The van der Waals surface area contributed by atoms with Crippen LogP contribution in [0.3, 0.4) is 0 Å². The Bertz CT molecular complexity index is 398. The zero-order valence-corrected chi connectivity index (χ0v) is 11.7. The zero-order chi connectivity index (χ0) is 13.1. The van der Waals surface area contributed by atoms with Crippen LogP contribution < -0.4 is 40.8 Å². The molecule has 0 aliphatic carbocycles. The van der Waals surface area contributed by atoms with Crippen LogP contribution >= 0.6 is 0 Å². The predicted molar refractivity (Wildman–Crippen MR) is 55.4 cm³/mol. The number of aliphatic carboxylic acids is 2. The number of hydrogen-bond acceptors (Lipinski definition) is 4. The van der Waals surface area contributed by atoms with Crippen LogP contribution in [-0.4, -0.2) is 32.1 Å². The molecule has 0 amide bonds. The zero-order valence-electron chi connectivity index (χ0n) is 10.7. The van der Waals surface area contributed by atoms with Crippen molar-refractivity contribution in [1.82, 2.24) is 9.97 Å². The van der Waals surface area contributed by atoms with Crippen LogP contribution in [0.25, 0.3) is 0 Å². The van der Waals surface area contributed by atoms with Gasteiger partial charge in [0.15, 0.2) is 0 Å². The summed E-state index contributed by atoms with van der Waals surface area (Å²) in [5.74, 6) is -1.67. The molecule has 17 heavy (non-hydrogen) atoms. The summed E-state index contributed by atoms with van der Waals surface area (Å²) in [7, 11) is 0. The Labute approximate surface area is 119 Å². The Morgan fingerprint density at radius 1 is 1.18 bits per heavy atom. The first-order valence-electron chi connectivity index (χ1n) is 3.92. The van der Waals surface area contributed by atoms with Gasteiger partial charge >= 0.3 is 35.2 Å². The van der Waals surface area contributed by atoms with E-state index in [-0.39, 0.29) is 36.5 Å². The van der Waals surface area contributed by atoms with Crippen molar-refractivity contribution in [1.29, 1.82) is 0 Å². The van der Waals surface area contributed by atoms with E-state index >= 15 is 0 Å². The third-order valence-corrected chi connectivity index (χ3v) is 0.686. The minimum Gasteiger partial charge on any atom is -1.00 e. The molecule has 1 aromatic rings. The van der Waals surface area contributed by atoms with Gasteiger partial charge in [-0.3, -0.25) is 19.4 Å². The molecule has 0 radical (unpaired) electrons. The SMILES string of the molecule is CC(=O)O.CC(=O)O.O=c1cc[nH]c(=O)[nH]1.[H-].[Na+]. The number of aromatic amines is 2. The molecule has 0 aromatic carbocycles. The predicted octanol–water partition coefficient (Wildman–Crippen LogP) is -3.64. The number of rotatable bonds is 0. The van der Waals surface area contributed by atoms with E-state index in [2.05, 4.69) is 4.98 Å². The van der Waals surface area contributed by atoms with Crippen molar-refractivity contribution < 1.29 is 50.8 Å². The Hall–Kier alpha value is -1.38. The van der Waals surface area contributed by atoms with Gasteiger partial charge in [-0.15, -0.1) is 0 Å². The fourth-order valence-corrected chi connectivity index (χ4v) is 0.383. The number of carboxylic acid groups (broad SMARTS) is 2. The molecular weight excluding hydrogens is 243 g/mol. The normalized spacial score (nSPS) is 7.18. The Balaban J connectivity index is -0.0000000860. The maximum Gasteiger partial charge on any atom is 1.00 e. The first-order chi connectivity index (χ1) is 7.25. The average Bonchev–Trinajstić information content (AvgIpc) is 2.00. The fourth-order valence-electron chi connectivity index (χ4n) is 0.383. The summed E-state index contributed by atoms with van der Waals surface area (Å²) in [6.07, 6.45) is 1.29. The minimum atomic E-state index is -0.833. The Morgan fingerprint density at radius 2 is 1.53 bits per heavy atom. The molecule has 1 aromatic heterocycles. The summed E-state index contributed by atoms with van der Waals surface area (Å²) in [6, 6.07) is 1.24. The monoisotopic (exact) mass is 256 g/mol. The second-order valence-corrected chi connectivity index (χ2v) is 2.33. The summed E-state index contributed by atoms with van der Waals surface area (Å²) in [6.45, 7) is 2.17. The smallest absolute Gasteiger partial charge is 1.00 e. The van der Waals surface area contributed by atoms with Crippen LogP contribution in [0.1, 0.15) is 15.3 Å². The number of H-pyrrole nitrogens is 2. The van der Waals surface area contributed by atoms with E-state index in [4.69, 9.17) is 19.8 Å². The van der Waals surface area contributed by atoms with Gasteiger partial charge in [-0.2, -0.15) is 0 Å². The van der Waals surface area contributed by atoms with E-state index in [9.17, 15) is 9.59 Å². The van der Waals surface area contributed by atoms with Gasteiger partial charge in [0.1, 0.15) is 0 Å². The van der Waals surface area contributed by atoms with Gasteiger partial charge in [-0.05, 0) is 0 Å². The Kier molecular flexibility index (Phi) is 15.6. The second-order valence-electron chi connectivity index (χ2n) is 2.33. The summed E-state index contributed by atoms with van der Waals surface area (Å²) in [5.41, 5.74) is -0.855. The number of carboxylic acids is 2. The van der Waals surface area contributed by atoms with Crippen molar-refractivity contribution >= 4 is 11.9 Å². The van der Waals surface area contributed by atoms with Crippen molar-refractivity contribution in [2.45, 2.75) is 13.8 Å². The van der Waals surface area contributed by atoms with E-state index in [0.717, 1.165) is 13.8 Å². The molecule has 8 nitrogen and oxygen atoms in total. The molecule has 0 aliphatic rings. The number of hydrogen-bond donors (Lipinski definition) is 4. The van der Waals surface area contributed by atoms with E-state index in [0.29, 0.717) is 0 Å². The van der Waals surface area contributed by atoms with Crippen LogP contribution in [0.5, 0.6) is 0 Å². The third-order valence-electron chi connectivity index (χ3n) is 0.686. The van der Waals surface area contributed by atoms with Gasteiger partial charge in [0.2, 0.25) is 0 Å². The molecule has 0 bridgehead atoms. The molecule has 1 rings (SSSR count). The van der Waals surface area contributed by atoms with E-state index in [1.165, 1.54) is 12.3 Å². The fraction of sp³-hybridized carbons (Fsp3) is 0.250. The molecule has 1 heterocycles. The van der Waals surface area contributed by atoms with Crippen molar-refractivity contribution in [2.24, 2.45) is 0 Å². The topological polar surface area (TPSA) is 140 Å². The molecule has 0 spiro atoms. The third kappa shape index (κ3) is 31.3. The second kappa shape index (κ2) is 12.7. The van der Waals surface area contributed by atoms with Gasteiger partial charge in [-0.25, -0.2) is 4.79 Å². The maximum atomic E-state index is 10.2. The minimum absolute atomic E-state index is 0. The molecule has 0 fully saturated rings. The maximum absolute atomic E-state index is 10.2. The van der Waals surface area contributed by atoms with Crippen molar-refractivity contribution in [3.05, 3.63) is 33.1 Å². The van der Waals surface area contributed by atoms with Gasteiger partial charge in [-0.1, -0.05) is 0 Å². The van der Waals surface area contributed by atoms with Crippen molar-refractivity contribution in [3.8, 4) is 0 Å². The van der Waals surface area contributed by atoms with Gasteiger partial charge in [0, 0.05) is 26.1 Å². The van der Waals surface area contributed by atoms with Crippen LogP contribution in [0.2, 0.25) is 0 Å². The van der Waals surface area contributed by atoms with Crippen molar-refractivity contribution in [2.75, 3.05) is 0 Å². The molecule has 0 saturated heterocycles. The van der Waals surface area contributed by atoms with Gasteiger partial charge < -0.3 is 16.6 Å². The number of aromatic nitrogens is 2. The molecular formula is C8H13N2NaO6. The molecule has 0 unspecified atom stereocenters. The largest absolute Gasteiger partial charge is 1.00 e. The van der Waals surface area contributed by atoms with Gasteiger partial charge in [0.25, 0.3) is 17.5 Å². The Morgan fingerprint density at radius 3 is 1.71 bits per heavy atom. The summed E-state index contributed by atoms with van der Waals surface area (Å²) in [5, 5.41) is 14.8. The van der Waals surface area contributed by atoms with Crippen LogP contribution in [0.4, 0.5) is 0 Å². The van der Waals surface area contributed by atoms with Gasteiger partial charge in [0.05, 0.1) is 0 Å². The molecule has 0 aliphatic heterocycles. The molecule has 9 heteroatoms. The molecule has 92 valence electrons. The van der Waals surface area contributed by atoms with E-state index < -0.39 is 17.6 Å². The number of nitrogens with one attached hydrogen (secondary N) is 2. The van der Waals surface area contributed by atoms with Crippen LogP contribution in [0.15, 0.2) is 21.9 Å². The first-order valence-corrected chi connectivity index (χ1v) is 3.92. The van der Waals surface area contributed by atoms with Crippen LogP contribution in [-0.2, 0) is 9.59 Å². The molecule has 0 saturated carbocycles. The summed E-state index contributed by atoms with van der Waals surface area (Å²) >= 11 is 0. The van der Waals surface area contributed by atoms with Crippen molar-refractivity contribution in [3.63, 3.8) is 0 Å². The quantitative estimate of drug-likeness (QED) is 0.353. The average molecular weight is 256 g/mol. The summed E-state index contributed by atoms with van der Waals surface area (Å²) < 4.78 is 0. The van der Waals surface area contributed by atoms with E-state index in [1.54, 1.807) is 0 Å². The standard InChI is InChI=1S/C4H4N2O2.2C2H4O2.Na.H/c7-3-1-2-5-4(8)6-3;2*1-2(3)4;;/h1-2H,(H2,5,6,7,8);2*1H3,(H,3,4);;/q;;;+1;-1. The van der Waals surface area contributed by atoms with Crippen LogP contribution in [0, 0.1) is 0 Å². The summed E-state index contributed by atoms with van der Waals surface area (Å²) in [4.78, 5) is 42.7.